The van der Waals surface area contributed by atoms with Gasteiger partial charge in [0, 0.05) is 36.3 Å². The minimum Gasteiger partial charge on any atom is -0.272 e. The van der Waals surface area contributed by atoms with Crippen molar-refractivity contribution < 1.29 is 0 Å². The molecule has 0 N–H and O–H groups in total. The first-order valence-electron chi connectivity index (χ1n) is 4.33. The largest absolute Gasteiger partial charge is 0.272 e. The molecule has 0 aliphatic heterocycles. The van der Waals surface area contributed by atoms with Crippen molar-refractivity contribution in [1.29, 1.82) is 0 Å². The molecule has 0 fully saturated rings. The van der Waals surface area contributed by atoms with Gasteiger partial charge in [-0.05, 0) is 13.0 Å². The first kappa shape index (κ1) is 7.98. The smallest absolute Gasteiger partial charge is 0.0568 e. The Morgan fingerprint density at radius 2 is 2.23 bits per heavy atom. The number of pyridine rings is 1. The van der Waals surface area contributed by atoms with E-state index in [1.807, 2.05) is 35.4 Å². The quantitative estimate of drug-likeness (QED) is 0.695. The highest BCUT2D eigenvalue weighted by Crippen LogP contribution is 2.15. The van der Waals surface area contributed by atoms with E-state index < -0.39 is 0 Å². The third-order valence-corrected chi connectivity index (χ3v) is 1.95. The van der Waals surface area contributed by atoms with Crippen LogP contribution in [0.1, 0.15) is 6.92 Å². The molecule has 3 heteroatoms. The number of rotatable bonds is 2. The van der Waals surface area contributed by atoms with Gasteiger partial charge in [0.05, 0.1) is 6.20 Å². The lowest BCUT2D eigenvalue weighted by atomic mass is 10.2. The van der Waals surface area contributed by atoms with Gasteiger partial charge < -0.3 is 0 Å². The molecule has 0 saturated carbocycles. The highest BCUT2D eigenvalue weighted by molar-refractivity contribution is 5.59. The number of hydrogen-bond acceptors (Lipinski definition) is 2. The average Bonchev–Trinajstić information content (AvgIpc) is 2.67. The monoisotopic (exact) mass is 173 g/mol. The standard InChI is InChI=1S/C10H11N3/c1-2-13-8-10(7-12-13)9-4-3-5-11-6-9/h3-8H,2H2,1H3. The summed E-state index contributed by atoms with van der Waals surface area (Å²) < 4.78 is 1.91. The van der Waals surface area contributed by atoms with Gasteiger partial charge >= 0.3 is 0 Å². The van der Waals surface area contributed by atoms with Crippen molar-refractivity contribution in [2.24, 2.45) is 0 Å². The highest BCUT2D eigenvalue weighted by atomic mass is 15.3. The van der Waals surface area contributed by atoms with E-state index >= 15 is 0 Å². The second-order valence-electron chi connectivity index (χ2n) is 2.83. The fourth-order valence-electron chi connectivity index (χ4n) is 1.22. The van der Waals surface area contributed by atoms with Gasteiger partial charge in [0.2, 0.25) is 0 Å². The van der Waals surface area contributed by atoms with Crippen molar-refractivity contribution in [3.8, 4) is 11.1 Å². The molecule has 13 heavy (non-hydrogen) atoms. The zero-order valence-corrected chi connectivity index (χ0v) is 7.51. The van der Waals surface area contributed by atoms with Gasteiger partial charge in [-0.1, -0.05) is 6.07 Å². The van der Waals surface area contributed by atoms with Gasteiger partial charge in [-0.2, -0.15) is 5.10 Å². The topological polar surface area (TPSA) is 30.7 Å². The maximum Gasteiger partial charge on any atom is 0.0568 e. The Bertz CT molecular complexity index is 378. The summed E-state index contributed by atoms with van der Waals surface area (Å²) in [6.07, 6.45) is 7.50. The summed E-state index contributed by atoms with van der Waals surface area (Å²) in [6, 6.07) is 3.96. The number of hydrogen-bond donors (Lipinski definition) is 0. The van der Waals surface area contributed by atoms with Crippen LogP contribution >= 0.6 is 0 Å². The fraction of sp³-hybridized carbons (Fsp3) is 0.200. The van der Waals surface area contributed by atoms with E-state index in [2.05, 4.69) is 17.0 Å². The molecule has 2 heterocycles. The first-order valence-corrected chi connectivity index (χ1v) is 4.33. The summed E-state index contributed by atoms with van der Waals surface area (Å²) >= 11 is 0. The van der Waals surface area contributed by atoms with Gasteiger partial charge in [-0.25, -0.2) is 0 Å². The fourth-order valence-corrected chi connectivity index (χ4v) is 1.22. The molecular weight excluding hydrogens is 162 g/mol. The molecule has 0 aliphatic rings. The highest BCUT2D eigenvalue weighted by Gasteiger charge is 1.99. The van der Waals surface area contributed by atoms with Crippen LogP contribution in [0, 0.1) is 0 Å². The van der Waals surface area contributed by atoms with Gasteiger partial charge in [0.15, 0.2) is 0 Å². The number of aromatic nitrogens is 3. The summed E-state index contributed by atoms with van der Waals surface area (Å²) in [7, 11) is 0. The van der Waals surface area contributed by atoms with Gasteiger partial charge in [0.25, 0.3) is 0 Å². The lowest BCUT2D eigenvalue weighted by Crippen LogP contribution is -1.91. The third-order valence-electron chi connectivity index (χ3n) is 1.95. The molecule has 66 valence electrons. The molecule has 2 aromatic rings. The van der Waals surface area contributed by atoms with Crippen LogP contribution < -0.4 is 0 Å². The van der Waals surface area contributed by atoms with Crippen molar-refractivity contribution in [2.75, 3.05) is 0 Å². The Morgan fingerprint density at radius 1 is 1.31 bits per heavy atom. The molecule has 0 bridgehead atoms. The van der Waals surface area contributed by atoms with Crippen LogP contribution in [0.4, 0.5) is 0 Å². The summed E-state index contributed by atoms with van der Waals surface area (Å²) in [5.74, 6) is 0. The van der Waals surface area contributed by atoms with Crippen molar-refractivity contribution in [1.82, 2.24) is 14.8 Å². The Balaban J connectivity index is 2.36. The molecule has 2 aromatic heterocycles. The molecule has 0 aliphatic carbocycles. The van der Waals surface area contributed by atoms with Gasteiger partial charge in [0.1, 0.15) is 0 Å². The zero-order valence-electron chi connectivity index (χ0n) is 7.51. The minimum absolute atomic E-state index is 0.903. The average molecular weight is 173 g/mol. The molecular formula is C10H11N3. The number of aryl methyl sites for hydroxylation is 1. The maximum absolute atomic E-state index is 4.20. The van der Waals surface area contributed by atoms with E-state index in [4.69, 9.17) is 0 Å². The third kappa shape index (κ3) is 1.59. The Hall–Kier alpha value is -1.64. The Labute approximate surface area is 77.0 Å². The van der Waals surface area contributed by atoms with Crippen LogP contribution in [0.25, 0.3) is 11.1 Å². The molecule has 0 saturated heterocycles. The van der Waals surface area contributed by atoms with Gasteiger partial charge in [-0.15, -0.1) is 0 Å². The Morgan fingerprint density at radius 3 is 2.85 bits per heavy atom. The lowest BCUT2D eigenvalue weighted by molar-refractivity contribution is 0.660. The first-order chi connectivity index (χ1) is 6.40. The molecule has 0 unspecified atom stereocenters. The molecule has 0 amide bonds. The predicted octanol–water partition coefficient (Wildman–Crippen LogP) is 1.96. The van der Waals surface area contributed by atoms with Crippen LogP contribution in [0.3, 0.4) is 0 Å². The van der Waals surface area contributed by atoms with E-state index in [1.54, 1.807) is 6.20 Å². The SMILES string of the molecule is CCn1cc(-c2cccnc2)cn1. The number of nitrogens with zero attached hydrogens (tertiary/aromatic N) is 3. The summed E-state index contributed by atoms with van der Waals surface area (Å²) in [5, 5.41) is 4.20. The molecule has 0 radical (unpaired) electrons. The Kier molecular flexibility index (Phi) is 2.08. The van der Waals surface area contributed by atoms with Crippen LogP contribution in [-0.4, -0.2) is 14.8 Å². The maximum atomic E-state index is 4.20. The van der Waals surface area contributed by atoms with E-state index in [0.717, 1.165) is 17.7 Å². The van der Waals surface area contributed by atoms with Crippen LogP contribution in [-0.2, 0) is 6.54 Å². The van der Waals surface area contributed by atoms with E-state index in [1.165, 1.54) is 0 Å². The van der Waals surface area contributed by atoms with E-state index in [-0.39, 0.29) is 0 Å². The second kappa shape index (κ2) is 3.39. The molecule has 0 atom stereocenters. The molecule has 0 aromatic carbocycles. The van der Waals surface area contributed by atoms with Gasteiger partial charge in [-0.3, -0.25) is 9.67 Å². The normalized spacial score (nSPS) is 10.2. The summed E-state index contributed by atoms with van der Waals surface area (Å²) in [4.78, 5) is 4.06. The van der Waals surface area contributed by atoms with E-state index in [0.29, 0.717) is 0 Å². The van der Waals surface area contributed by atoms with Crippen LogP contribution in [0.15, 0.2) is 36.9 Å². The lowest BCUT2D eigenvalue weighted by Gasteiger charge is -1.94. The van der Waals surface area contributed by atoms with Crippen molar-refractivity contribution in [3.63, 3.8) is 0 Å². The molecule has 2 rings (SSSR count). The van der Waals surface area contributed by atoms with Crippen molar-refractivity contribution in [2.45, 2.75) is 13.5 Å². The summed E-state index contributed by atoms with van der Waals surface area (Å²) in [6.45, 7) is 2.97. The molecule has 0 spiro atoms. The van der Waals surface area contributed by atoms with Crippen molar-refractivity contribution in [3.05, 3.63) is 36.9 Å². The van der Waals surface area contributed by atoms with Crippen LogP contribution in [0.5, 0.6) is 0 Å². The summed E-state index contributed by atoms with van der Waals surface area (Å²) in [5.41, 5.74) is 2.23. The van der Waals surface area contributed by atoms with Crippen LogP contribution in [0.2, 0.25) is 0 Å². The zero-order chi connectivity index (χ0) is 9.10. The second-order valence-corrected chi connectivity index (χ2v) is 2.83. The van der Waals surface area contributed by atoms with E-state index in [9.17, 15) is 0 Å². The minimum atomic E-state index is 0.903. The van der Waals surface area contributed by atoms with Crippen molar-refractivity contribution >= 4 is 0 Å². The predicted molar refractivity (Wildman–Crippen MR) is 51.1 cm³/mol. The molecule has 3 nitrogen and oxygen atoms in total.